The van der Waals surface area contributed by atoms with E-state index in [9.17, 15) is 4.79 Å². The predicted molar refractivity (Wildman–Crippen MR) is 106 cm³/mol. The van der Waals surface area contributed by atoms with Crippen molar-refractivity contribution in [1.82, 2.24) is 29.6 Å². The molecule has 8 heteroatoms. The summed E-state index contributed by atoms with van der Waals surface area (Å²) in [5, 5.41) is 12.0. The van der Waals surface area contributed by atoms with Crippen molar-refractivity contribution >= 4 is 11.6 Å². The highest BCUT2D eigenvalue weighted by atomic mass is 16.5. The third kappa shape index (κ3) is 3.23. The van der Waals surface area contributed by atoms with Gasteiger partial charge in [-0.15, -0.1) is 15.3 Å². The van der Waals surface area contributed by atoms with E-state index < -0.39 is 0 Å². The first kappa shape index (κ1) is 18.1. The Bertz CT molecular complexity index is 1050. The third-order valence-corrected chi connectivity index (χ3v) is 6.24. The van der Waals surface area contributed by atoms with E-state index in [-0.39, 0.29) is 12.5 Å². The molecule has 3 aromatic rings. The van der Waals surface area contributed by atoms with E-state index in [0.717, 1.165) is 19.6 Å². The van der Waals surface area contributed by atoms with Crippen LogP contribution in [-0.2, 0) is 4.79 Å². The van der Waals surface area contributed by atoms with Crippen LogP contribution >= 0.6 is 0 Å². The number of nitrogens with zero attached hydrogens (tertiary/aromatic N) is 6. The van der Waals surface area contributed by atoms with E-state index in [1.165, 1.54) is 22.0 Å². The van der Waals surface area contributed by atoms with Gasteiger partial charge in [-0.1, -0.05) is 24.3 Å². The van der Waals surface area contributed by atoms with Crippen molar-refractivity contribution in [3.8, 4) is 5.88 Å². The van der Waals surface area contributed by atoms with Crippen LogP contribution in [0, 0.1) is 18.8 Å². The molecule has 0 N–H and O–H groups in total. The first-order valence-corrected chi connectivity index (χ1v) is 9.93. The molecule has 29 heavy (non-hydrogen) atoms. The van der Waals surface area contributed by atoms with Crippen molar-refractivity contribution in [2.24, 2.45) is 11.8 Å². The summed E-state index contributed by atoms with van der Waals surface area (Å²) in [6.07, 6.45) is 1.51. The molecule has 8 nitrogen and oxygen atoms in total. The Morgan fingerprint density at radius 1 is 1.17 bits per heavy atom. The Hall–Kier alpha value is -3.00. The highest BCUT2D eigenvalue weighted by Gasteiger charge is 2.47. The van der Waals surface area contributed by atoms with Crippen LogP contribution in [0.5, 0.6) is 5.88 Å². The molecular formula is C21H24N6O2. The highest BCUT2D eigenvalue weighted by Crippen LogP contribution is 2.44. The number of rotatable bonds is 4. The Balaban J connectivity index is 1.25. The summed E-state index contributed by atoms with van der Waals surface area (Å²) in [6, 6.07) is 12.4. The number of hydrogen-bond acceptors (Lipinski definition) is 6. The lowest BCUT2D eigenvalue weighted by atomic mass is 9.88. The molecule has 0 unspecified atom stereocenters. The molecule has 2 aromatic heterocycles. The summed E-state index contributed by atoms with van der Waals surface area (Å²) in [5.41, 5.74) is 3.33. The van der Waals surface area contributed by atoms with Crippen molar-refractivity contribution in [3.05, 3.63) is 53.9 Å². The Morgan fingerprint density at radius 3 is 2.90 bits per heavy atom. The third-order valence-electron chi connectivity index (χ3n) is 6.24. The van der Waals surface area contributed by atoms with Gasteiger partial charge in [0.15, 0.2) is 12.3 Å². The molecule has 2 aliphatic rings. The minimum absolute atomic E-state index is 0.00899. The average Bonchev–Trinajstić information content (AvgIpc) is 3.40. The second kappa shape index (κ2) is 7.11. The Kier molecular flexibility index (Phi) is 4.43. The normalized spacial score (nSPS) is 24.2. The fraction of sp³-hybridized carbons (Fsp3) is 0.429. The van der Waals surface area contributed by atoms with Crippen LogP contribution in [0.2, 0.25) is 0 Å². The number of aromatic nitrogens is 4. The van der Waals surface area contributed by atoms with E-state index in [1.807, 2.05) is 4.90 Å². The standard InChI is InChI=1S/C21H24N6O2/c1-14-5-3-4-6-16(14)21-17-11-26(10-15(17)9-25(21)2)20(28)12-29-19-8-7-18-23-22-13-27(18)24-19/h3-8,13,15,17,21H,9-12H2,1-2H3/t15-,17+,21-/m0/s1. The van der Waals surface area contributed by atoms with Crippen molar-refractivity contribution in [2.75, 3.05) is 33.3 Å². The molecule has 1 amide bonds. The van der Waals surface area contributed by atoms with Gasteiger partial charge in [-0.3, -0.25) is 9.69 Å². The quantitative estimate of drug-likeness (QED) is 0.671. The maximum absolute atomic E-state index is 12.8. The molecule has 2 saturated heterocycles. The van der Waals surface area contributed by atoms with Crippen molar-refractivity contribution < 1.29 is 9.53 Å². The number of benzene rings is 1. The van der Waals surface area contributed by atoms with E-state index >= 15 is 0 Å². The van der Waals surface area contributed by atoms with E-state index in [1.54, 1.807) is 12.1 Å². The zero-order valence-electron chi connectivity index (χ0n) is 16.6. The molecule has 0 spiro atoms. The van der Waals surface area contributed by atoms with E-state index in [2.05, 4.69) is 58.4 Å². The molecule has 0 radical (unpaired) electrons. The number of hydrogen-bond donors (Lipinski definition) is 0. The van der Waals surface area contributed by atoms with Gasteiger partial charge in [-0.25, -0.2) is 0 Å². The van der Waals surface area contributed by atoms with Gasteiger partial charge < -0.3 is 9.64 Å². The first-order chi connectivity index (χ1) is 14.1. The summed E-state index contributed by atoms with van der Waals surface area (Å²) in [4.78, 5) is 17.2. The SMILES string of the molecule is Cc1ccccc1[C@H]1[C@@H]2CN(C(=O)COc3ccc4nncn4n3)C[C@@H]2CN1C. The lowest BCUT2D eigenvalue weighted by Gasteiger charge is -2.28. The Morgan fingerprint density at radius 2 is 2.03 bits per heavy atom. The van der Waals surface area contributed by atoms with Gasteiger partial charge in [0.25, 0.3) is 5.91 Å². The van der Waals surface area contributed by atoms with Crippen LogP contribution in [0.4, 0.5) is 0 Å². The molecular weight excluding hydrogens is 368 g/mol. The summed E-state index contributed by atoms with van der Waals surface area (Å²) in [6.45, 7) is 4.73. The Labute approximate surface area is 169 Å². The molecule has 150 valence electrons. The van der Waals surface area contributed by atoms with E-state index in [0.29, 0.717) is 29.4 Å². The molecule has 5 rings (SSSR count). The van der Waals surface area contributed by atoms with Crippen molar-refractivity contribution in [1.29, 1.82) is 0 Å². The number of carbonyl (C=O) groups is 1. The minimum atomic E-state index is -0.00899. The lowest BCUT2D eigenvalue weighted by Crippen LogP contribution is -2.36. The molecule has 2 aliphatic heterocycles. The summed E-state index contributed by atoms with van der Waals surface area (Å²) < 4.78 is 7.17. The van der Waals surface area contributed by atoms with Crippen LogP contribution < -0.4 is 4.74 Å². The van der Waals surface area contributed by atoms with Crippen LogP contribution in [0.25, 0.3) is 5.65 Å². The first-order valence-electron chi connectivity index (χ1n) is 9.93. The topological polar surface area (TPSA) is 75.9 Å². The number of likely N-dealkylation sites (tertiary alicyclic amines) is 2. The van der Waals surface area contributed by atoms with Gasteiger partial charge in [0.1, 0.15) is 6.33 Å². The van der Waals surface area contributed by atoms with Crippen LogP contribution in [0.15, 0.2) is 42.7 Å². The van der Waals surface area contributed by atoms with Gasteiger partial charge in [0.05, 0.1) is 0 Å². The van der Waals surface area contributed by atoms with Gasteiger partial charge >= 0.3 is 0 Å². The molecule has 2 fully saturated rings. The molecule has 0 aliphatic carbocycles. The molecule has 4 heterocycles. The highest BCUT2D eigenvalue weighted by molar-refractivity contribution is 5.78. The van der Waals surface area contributed by atoms with Gasteiger partial charge in [-0.05, 0) is 37.1 Å². The zero-order chi connectivity index (χ0) is 20.0. The second-order valence-electron chi connectivity index (χ2n) is 8.06. The molecule has 1 aromatic carbocycles. The largest absolute Gasteiger partial charge is 0.467 e. The summed E-state index contributed by atoms with van der Waals surface area (Å²) >= 11 is 0. The maximum Gasteiger partial charge on any atom is 0.260 e. The van der Waals surface area contributed by atoms with Crippen LogP contribution in [0.1, 0.15) is 17.2 Å². The number of carbonyl (C=O) groups excluding carboxylic acids is 1. The fourth-order valence-electron chi connectivity index (χ4n) is 4.86. The second-order valence-corrected chi connectivity index (χ2v) is 8.06. The molecule has 0 saturated carbocycles. The average molecular weight is 392 g/mol. The number of amides is 1. The smallest absolute Gasteiger partial charge is 0.260 e. The minimum Gasteiger partial charge on any atom is -0.467 e. The molecule has 3 atom stereocenters. The van der Waals surface area contributed by atoms with Crippen LogP contribution in [0.3, 0.4) is 0 Å². The number of aryl methyl sites for hydroxylation is 1. The monoisotopic (exact) mass is 392 g/mol. The number of ether oxygens (including phenoxy) is 1. The fourth-order valence-corrected chi connectivity index (χ4v) is 4.86. The molecule has 0 bridgehead atoms. The zero-order valence-corrected chi connectivity index (χ0v) is 16.6. The van der Waals surface area contributed by atoms with Crippen molar-refractivity contribution in [3.63, 3.8) is 0 Å². The van der Waals surface area contributed by atoms with Gasteiger partial charge in [0.2, 0.25) is 5.88 Å². The van der Waals surface area contributed by atoms with Gasteiger partial charge in [-0.2, -0.15) is 4.52 Å². The van der Waals surface area contributed by atoms with Crippen molar-refractivity contribution in [2.45, 2.75) is 13.0 Å². The maximum atomic E-state index is 12.8. The van der Waals surface area contributed by atoms with Crippen LogP contribution in [-0.4, -0.2) is 68.8 Å². The summed E-state index contributed by atoms with van der Waals surface area (Å²) in [7, 11) is 2.19. The van der Waals surface area contributed by atoms with Gasteiger partial charge in [0, 0.05) is 37.7 Å². The summed E-state index contributed by atoms with van der Waals surface area (Å²) in [5.74, 6) is 1.36. The predicted octanol–water partition coefficient (Wildman–Crippen LogP) is 1.57. The van der Waals surface area contributed by atoms with E-state index in [4.69, 9.17) is 4.74 Å². The lowest BCUT2D eigenvalue weighted by molar-refractivity contribution is -0.132. The number of fused-ring (bicyclic) bond motifs is 2.